The number of amides is 1. The summed E-state index contributed by atoms with van der Waals surface area (Å²) in [6.45, 7) is 1.87. The number of aryl methyl sites for hydroxylation is 1. The number of fused-ring (bicyclic) bond motifs is 2. The predicted molar refractivity (Wildman–Crippen MR) is 51.3 cm³/mol. The molecule has 0 radical (unpaired) electrons. The molecule has 5 heteroatoms. The fourth-order valence-corrected chi connectivity index (χ4v) is 2.36. The van der Waals surface area contributed by atoms with Crippen LogP contribution in [-0.4, -0.2) is 15.9 Å². The molecule has 1 saturated carbocycles. The Balaban J connectivity index is 2.28. The summed E-state index contributed by atoms with van der Waals surface area (Å²) in [4.78, 5) is 19.8. The highest BCUT2D eigenvalue weighted by Crippen LogP contribution is 2.55. The van der Waals surface area contributed by atoms with Crippen molar-refractivity contribution in [2.75, 3.05) is 5.32 Å². The van der Waals surface area contributed by atoms with Crippen molar-refractivity contribution in [3.63, 3.8) is 0 Å². The lowest BCUT2D eigenvalue weighted by Gasteiger charge is -2.06. The van der Waals surface area contributed by atoms with Crippen molar-refractivity contribution in [3.8, 4) is 0 Å². The van der Waals surface area contributed by atoms with Crippen LogP contribution in [0.5, 0.6) is 0 Å². The van der Waals surface area contributed by atoms with Crippen LogP contribution < -0.4 is 5.32 Å². The Morgan fingerprint density at radius 3 is 2.79 bits per heavy atom. The molecule has 1 spiro atoms. The van der Waals surface area contributed by atoms with E-state index >= 15 is 0 Å². The largest absolute Gasteiger partial charge is 0.310 e. The van der Waals surface area contributed by atoms with Crippen LogP contribution in [0.2, 0.25) is 5.28 Å². The molecular weight excluding hydrogens is 202 g/mol. The number of carbonyl (C=O) groups is 1. The number of halogens is 1. The molecular formula is C9H8ClN3O. The second-order valence-electron chi connectivity index (χ2n) is 3.84. The number of nitrogens with zero attached hydrogens (tertiary/aromatic N) is 2. The number of anilines is 1. The van der Waals surface area contributed by atoms with Crippen molar-refractivity contribution in [1.82, 2.24) is 9.97 Å². The summed E-state index contributed by atoms with van der Waals surface area (Å²) < 4.78 is 0. The third kappa shape index (κ3) is 0.817. The molecule has 4 nitrogen and oxygen atoms in total. The van der Waals surface area contributed by atoms with Gasteiger partial charge in [-0.3, -0.25) is 4.79 Å². The Bertz CT molecular complexity index is 454. The zero-order valence-corrected chi connectivity index (χ0v) is 8.35. The number of hydrogen-bond donors (Lipinski definition) is 1. The first-order chi connectivity index (χ1) is 6.63. The molecule has 0 saturated heterocycles. The second-order valence-corrected chi connectivity index (χ2v) is 4.18. The molecule has 1 aromatic rings. The van der Waals surface area contributed by atoms with E-state index in [0.717, 1.165) is 24.1 Å². The third-order valence-corrected chi connectivity index (χ3v) is 3.13. The van der Waals surface area contributed by atoms with E-state index in [-0.39, 0.29) is 16.6 Å². The van der Waals surface area contributed by atoms with Gasteiger partial charge >= 0.3 is 0 Å². The van der Waals surface area contributed by atoms with Crippen LogP contribution in [-0.2, 0) is 10.2 Å². The van der Waals surface area contributed by atoms with Gasteiger partial charge in [-0.05, 0) is 31.4 Å². The number of carbonyl (C=O) groups excluding carboxylic acids is 1. The average molecular weight is 210 g/mol. The summed E-state index contributed by atoms with van der Waals surface area (Å²) in [5, 5.41) is 2.95. The van der Waals surface area contributed by atoms with Crippen molar-refractivity contribution >= 4 is 23.3 Å². The lowest BCUT2D eigenvalue weighted by atomic mass is 9.98. The molecule has 0 unspecified atom stereocenters. The highest BCUT2D eigenvalue weighted by molar-refractivity contribution is 6.28. The van der Waals surface area contributed by atoms with Crippen molar-refractivity contribution in [2.45, 2.75) is 25.2 Å². The summed E-state index contributed by atoms with van der Waals surface area (Å²) >= 11 is 5.72. The molecule has 1 fully saturated rings. The maximum atomic E-state index is 11.7. The maximum absolute atomic E-state index is 11.7. The van der Waals surface area contributed by atoms with Crippen LogP contribution in [0.25, 0.3) is 0 Å². The van der Waals surface area contributed by atoms with Crippen molar-refractivity contribution in [2.24, 2.45) is 0 Å². The minimum Gasteiger partial charge on any atom is -0.310 e. The van der Waals surface area contributed by atoms with Crippen molar-refractivity contribution in [3.05, 3.63) is 16.5 Å². The minimum atomic E-state index is -0.315. The third-order valence-electron chi connectivity index (χ3n) is 2.96. The van der Waals surface area contributed by atoms with Gasteiger partial charge < -0.3 is 5.32 Å². The summed E-state index contributed by atoms with van der Waals surface area (Å²) in [6, 6.07) is 0. The van der Waals surface area contributed by atoms with E-state index in [1.807, 2.05) is 6.92 Å². The van der Waals surface area contributed by atoms with E-state index in [2.05, 4.69) is 15.3 Å². The van der Waals surface area contributed by atoms with E-state index in [4.69, 9.17) is 11.6 Å². The van der Waals surface area contributed by atoms with Crippen LogP contribution >= 0.6 is 11.6 Å². The average Bonchev–Trinajstić information content (AvgIpc) is 2.78. The molecule has 14 heavy (non-hydrogen) atoms. The van der Waals surface area contributed by atoms with Crippen LogP contribution in [0, 0.1) is 6.92 Å². The number of rotatable bonds is 0. The van der Waals surface area contributed by atoms with Crippen LogP contribution in [0.3, 0.4) is 0 Å². The number of nitrogens with one attached hydrogen (secondary N) is 1. The van der Waals surface area contributed by atoms with Gasteiger partial charge in [-0.2, -0.15) is 0 Å². The van der Waals surface area contributed by atoms with Gasteiger partial charge in [0.15, 0.2) is 0 Å². The molecule has 0 atom stereocenters. The Labute approximate surface area is 85.7 Å². The first-order valence-corrected chi connectivity index (χ1v) is 4.87. The van der Waals surface area contributed by atoms with E-state index in [1.54, 1.807) is 0 Å². The topological polar surface area (TPSA) is 54.9 Å². The fourth-order valence-electron chi connectivity index (χ4n) is 2.14. The van der Waals surface area contributed by atoms with Crippen molar-refractivity contribution < 1.29 is 4.79 Å². The van der Waals surface area contributed by atoms with Crippen molar-refractivity contribution in [1.29, 1.82) is 0 Å². The van der Waals surface area contributed by atoms with Crippen LogP contribution in [0.15, 0.2) is 0 Å². The fraction of sp³-hybridized carbons (Fsp3) is 0.444. The lowest BCUT2D eigenvalue weighted by molar-refractivity contribution is -0.117. The molecule has 2 heterocycles. The molecule has 0 bridgehead atoms. The minimum absolute atomic E-state index is 0.0483. The zero-order valence-electron chi connectivity index (χ0n) is 7.59. The Hall–Kier alpha value is -1.16. The first kappa shape index (κ1) is 8.17. The zero-order chi connectivity index (χ0) is 9.92. The highest BCUT2D eigenvalue weighted by Gasteiger charge is 2.58. The SMILES string of the molecule is Cc1nc(Cl)nc2c1C1(CC1)C(=O)N2. The van der Waals surface area contributed by atoms with E-state index in [9.17, 15) is 4.79 Å². The lowest BCUT2D eigenvalue weighted by Crippen LogP contribution is -2.19. The summed E-state index contributed by atoms with van der Waals surface area (Å²) in [6.07, 6.45) is 1.80. The van der Waals surface area contributed by atoms with E-state index in [0.29, 0.717) is 5.82 Å². The van der Waals surface area contributed by atoms with Crippen LogP contribution in [0.1, 0.15) is 24.1 Å². The van der Waals surface area contributed by atoms with E-state index in [1.165, 1.54) is 0 Å². The standard InChI is InChI=1S/C9H8ClN3O/c1-4-5-6(13-8(10)11-4)12-7(14)9(5)2-3-9/h2-3H2,1H3,(H,11,12,13,14). The summed E-state index contributed by atoms with van der Waals surface area (Å²) in [5.41, 5.74) is 1.45. The normalized spacial score (nSPS) is 20.9. The van der Waals surface area contributed by atoms with Gasteiger partial charge in [0, 0.05) is 11.3 Å². The summed E-state index contributed by atoms with van der Waals surface area (Å²) in [5.74, 6) is 0.650. The molecule has 72 valence electrons. The number of hydrogen-bond acceptors (Lipinski definition) is 3. The Morgan fingerprint density at radius 2 is 2.14 bits per heavy atom. The summed E-state index contributed by atoms with van der Waals surface area (Å²) in [7, 11) is 0. The first-order valence-electron chi connectivity index (χ1n) is 4.49. The quantitative estimate of drug-likeness (QED) is 0.658. The van der Waals surface area contributed by atoms with Gasteiger partial charge in [-0.15, -0.1) is 0 Å². The molecule has 1 aliphatic heterocycles. The monoisotopic (exact) mass is 209 g/mol. The molecule has 3 rings (SSSR count). The molecule has 1 aromatic heterocycles. The molecule has 0 aromatic carbocycles. The Kier molecular flexibility index (Phi) is 1.32. The molecule has 1 aliphatic carbocycles. The molecule has 1 N–H and O–H groups in total. The Morgan fingerprint density at radius 1 is 1.43 bits per heavy atom. The van der Waals surface area contributed by atoms with Crippen LogP contribution in [0.4, 0.5) is 5.82 Å². The van der Waals surface area contributed by atoms with E-state index < -0.39 is 0 Å². The molecule has 2 aliphatic rings. The van der Waals surface area contributed by atoms with Gasteiger partial charge in [0.1, 0.15) is 5.82 Å². The number of aromatic nitrogens is 2. The van der Waals surface area contributed by atoms with Gasteiger partial charge in [-0.1, -0.05) is 0 Å². The highest BCUT2D eigenvalue weighted by atomic mass is 35.5. The predicted octanol–water partition coefficient (Wildman–Crippen LogP) is 1.42. The van der Waals surface area contributed by atoms with Gasteiger partial charge in [0.25, 0.3) is 0 Å². The van der Waals surface area contributed by atoms with Gasteiger partial charge in [0.2, 0.25) is 11.2 Å². The molecule has 1 amide bonds. The smallest absolute Gasteiger partial charge is 0.236 e. The second kappa shape index (κ2) is 2.25. The maximum Gasteiger partial charge on any atom is 0.236 e. The van der Waals surface area contributed by atoms with Gasteiger partial charge in [0.05, 0.1) is 5.41 Å². The van der Waals surface area contributed by atoms with Gasteiger partial charge in [-0.25, -0.2) is 9.97 Å².